The minimum Gasteiger partial charge on any atom is -0.465 e. The molecular formula is C7H12N2O2S2. The summed E-state index contributed by atoms with van der Waals surface area (Å²) in [5.74, 6) is 1.92. The summed E-state index contributed by atoms with van der Waals surface area (Å²) in [7, 11) is 3.60. The van der Waals surface area contributed by atoms with Gasteiger partial charge >= 0.3 is 6.09 Å². The smallest absolute Gasteiger partial charge is 0.407 e. The molecule has 0 saturated carbocycles. The van der Waals surface area contributed by atoms with Crippen molar-refractivity contribution in [2.45, 2.75) is 12.1 Å². The number of nitrogens with one attached hydrogen (secondary N) is 1. The van der Waals surface area contributed by atoms with Gasteiger partial charge in [-0.2, -0.15) is 0 Å². The zero-order chi connectivity index (χ0) is 9.26. The van der Waals surface area contributed by atoms with Crippen molar-refractivity contribution in [3.8, 4) is 0 Å². The van der Waals surface area contributed by atoms with E-state index in [-0.39, 0.29) is 6.04 Å². The molecule has 1 amide bonds. The Hall–Kier alpha value is -0.0700. The topological polar surface area (TPSA) is 52.6 Å². The van der Waals surface area contributed by atoms with Crippen LogP contribution in [0.25, 0.3) is 0 Å². The van der Waals surface area contributed by atoms with Gasteiger partial charge in [0, 0.05) is 30.6 Å². The van der Waals surface area contributed by atoms with Crippen molar-refractivity contribution in [1.82, 2.24) is 10.2 Å². The lowest BCUT2D eigenvalue weighted by atomic mass is 10.1. The number of fused-ring (bicyclic) bond motifs is 1. The van der Waals surface area contributed by atoms with E-state index >= 15 is 0 Å². The fourth-order valence-corrected chi connectivity index (χ4v) is 4.41. The molecule has 74 valence electrons. The zero-order valence-corrected chi connectivity index (χ0v) is 8.74. The fourth-order valence-electron chi connectivity index (χ4n) is 1.74. The van der Waals surface area contributed by atoms with E-state index in [4.69, 9.17) is 5.11 Å². The highest BCUT2D eigenvalue weighted by Gasteiger charge is 2.36. The van der Waals surface area contributed by atoms with E-state index in [1.165, 1.54) is 0 Å². The fraction of sp³-hybridized carbons (Fsp3) is 0.857. The second kappa shape index (κ2) is 3.98. The molecule has 2 aliphatic rings. The molecule has 0 spiro atoms. The molecule has 2 aliphatic heterocycles. The molecule has 0 radical (unpaired) electrons. The molecule has 0 aromatic rings. The lowest BCUT2D eigenvalue weighted by Crippen LogP contribution is -2.62. The molecule has 0 bridgehead atoms. The Labute approximate surface area is 84.8 Å². The summed E-state index contributed by atoms with van der Waals surface area (Å²) in [6, 6.07) is 0.536. The quantitative estimate of drug-likeness (QED) is 0.589. The molecule has 4 nitrogen and oxygen atoms in total. The van der Waals surface area contributed by atoms with Gasteiger partial charge in [-0.25, -0.2) is 4.79 Å². The molecule has 0 aromatic heterocycles. The Morgan fingerprint density at radius 2 is 2.23 bits per heavy atom. The van der Waals surface area contributed by atoms with Crippen LogP contribution in [0.15, 0.2) is 0 Å². The van der Waals surface area contributed by atoms with Gasteiger partial charge in [-0.05, 0) is 0 Å². The van der Waals surface area contributed by atoms with E-state index in [1.807, 2.05) is 10.8 Å². The van der Waals surface area contributed by atoms with Crippen molar-refractivity contribution >= 4 is 27.7 Å². The number of piperazine rings is 1. The first-order chi connectivity index (χ1) is 6.29. The van der Waals surface area contributed by atoms with Crippen LogP contribution in [0.2, 0.25) is 0 Å². The first-order valence-electron chi connectivity index (χ1n) is 4.26. The lowest BCUT2D eigenvalue weighted by molar-refractivity contribution is 0.105. The van der Waals surface area contributed by atoms with Crippen molar-refractivity contribution < 1.29 is 9.90 Å². The predicted octanol–water partition coefficient (Wildman–Crippen LogP) is 0.702. The highest BCUT2D eigenvalue weighted by Crippen LogP contribution is 2.32. The van der Waals surface area contributed by atoms with Crippen molar-refractivity contribution in [2.75, 3.05) is 24.6 Å². The first-order valence-corrected chi connectivity index (χ1v) is 6.75. The molecule has 2 saturated heterocycles. The van der Waals surface area contributed by atoms with Crippen LogP contribution < -0.4 is 5.32 Å². The minimum absolute atomic E-state index is 0.178. The molecule has 2 unspecified atom stereocenters. The van der Waals surface area contributed by atoms with E-state index in [0.29, 0.717) is 12.6 Å². The summed E-state index contributed by atoms with van der Waals surface area (Å²) in [6.45, 7) is 1.42. The van der Waals surface area contributed by atoms with Crippen LogP contribution in [0.5, 0.6) is 0 Å². The normalized spacial score (nSPS) is 34.0. The number of hydrogen-bond donors (Lipinski definition) is 2. The molecule has 2 N–H and O–H groups in total. The van der Waals surface area contributed by atoms with Crippen LogP contribution in [0, 0.1) is 0 Å². The molecule has 2 heterocycles. The molecular weight excluding hydrogens is 208 g/mol. The third-order valence-corrected chi connectivity index (χ3v) is 4.90. The van der Waals surface area contributed by atoms with Gasteiger partial charge in [-0.3, -0.25) is 0 Å². The first kappa shape index (κ1) is 9.48. The lowest BCUT2D eigenvalue weighted by Gasteiger charge is -2.42. The third-order valence-electron chi connectivity index (χ3n) is 2.44. The van der Waals surface area contributed by atoms with Gasteiger partial charge in [0.2, 0.25) is 0 Å². The van der Waals surface area contributed by atoms with Gasteiger partial charge < -0.3 is 15.3 Å². The Kier molecular flexibility index (Phi) is 2.90. The standard InChI is InChI=1S/C7H12N2O2S2/c10-7(11)9-2-1-8-5-3-12-13-4-6(5)9/h5-6,8H,1-4H2,(H,10,11). The second-order valence-electron chi connectivity index (χ2n) is 3.17. The van der Waals surface area contributed by atoms with Crippen LogP contribution in [0.4, 0.5) is 4.79 Å². The summed E-state index contributed by atoms with van der Waals surface area (Å²) >= 11 is 0. The summed E-state index contributed by atoms with van der Waals surface area (Å²) in [5.41, 5.74) is 0. The van der Waals surface area contributed by atoms with Crippen molar-refractivity contribution in [3.05, 3.63) is 0 Å². The minimum atomic E-state index is -0.774. The Morgan fingerprint density at radius 1 is 1.46 bits per heavy atom. The van der Waals surface area contributed by atoms with Crippen molar-refractivity contribution in [1.29, 1.82) is 0 Å². The summed E-state index contributed by atoms with van der Waals surface area (Å²) < 4.78 is 0. The number of rotatable bonds is 0. The molecule has 2 rings (SSSR count). The highest BCUT2D eigenvalue weighted by atomic mass is 33.1. The maximum absolute atomic E-state index is 10.9. The number of carboxylic acid groups (broad SMARTS) is 1. The van der Waals surface area contributed by atoms with Gasteiger partial charge in [0.1, 0.15) is 0 Å². The van der Waals surface area contributed by atoms with Gasteiger partial charge in [0.25, 0.3) is 0 Å². The van der Waals surface area contributed by atoms with E-state index < -0.39 is 6.09 Å². The Bertz CT molecular complexity index is 213. The maximum Gasteiger partial charge on any atom is 0.407 e. The summed E-state index contributed by atoms with van der Waals surface area (Å²) in [6.07, 6.45) is -0.774. The highest BCUT2D eigenvalue weighted by molar-refractivity contribution is 8.76. The average Bonchev–Trinajstić information content (AvgIpc) is 2.17. The number of hydrogen-bond acceptors (Lipinski definition) is 4. The van der Waals surface area contributed by atoms with E-state index in [9.17, 15) is 4.79 Å². The van der Waals surface area contributed by atoms with E-state index in [2.05, 4.69) is 5.32 Å². The van der Waals surface area contributed by atoms with Crippen LogP contribution in [-0.2, 0) is 0 Å². The number of nitrogens with zero attached hydrogens (tertiary/aromatic N) is 1. The van der Waals surface area contributed by atoms with Gasteiger partial charge in [0.15, 0.2) is 0 Å². The number of carbonyl (C=O) groups is 1. The van der Waals surface area contributed by atoms with Crippen LogP contribution in [-0.4, -0.2) is 52.8 Å². The number of amides is 1. The van der Waals surface area contributed by atoms with Crippen molar-refractivity contribution in [3.63, 3.8) is 0 Å². The molecule has 0 aromatic carbocycles. The van der Waals surface area contributed by atoms with Gasteiger partial charge in [-0.1, -0.05) is 21.6 Å². The summed E-state index contributed by atoms with van der Waals surface area (Å²) in [5, 5.41) is 12.3. The monoisotopic (exact) mass is 220 g/mol. The molecule has 2 atom stereocenters. The molecule has 2 fully saturated rings. The molecule has 6 heteroatoms. The molecule has 0 aliphatic carbocycles. The Balaban J connectivity index is 2.06. The van der Waals surface area contributed by atoms with E-state index in [1.54, 1.807) is 15.7 Å². The predicted molar refractivity (Wildman–Crippen MR) is 55.2 cm³/mol. The van der Waals surface area contributed by atoms with Crippen molar-refractivity contribution in [2.24, 2.45) is 0 Å². The van der Waals surface area contributed by atoms with Crippen LogP contribution in [0.1, 0.15) is 0 Å². The zero-order valence-electron chi connectivity index (χ0n) is 7.10. The van der Waals surface area contributed by atoms with Crippen LogP contribution in [0.3, 0.4) is 0 Å². The Morgan fingerprint density at radius 3 is 3.00 bits per heavy atom. The summed E-state index contributed by atoms with van der Waals surface area (Å²) in [4.78, 5) is 12.5. The maximum atomic E-state index is 10.9. The van der Waals surface area contributed by atoms with E-state index in [0.717, 1.165) is 18.1 Å². The third kappa shape index (κ3) is 1.89. The second-order valence-corrected chi connectivity index (χ2v) is 5.73. The molecule has 13 heavy (non-hydrogen) atoms. The SMILES string of the molecule is O=C(O)N1CCNC2CSSCC21. The van der Waals surface area contributed by atoms with Gasteiger partial charge in [-0.15, -0.1) is 0 Å². The van der Waals surface area contributed by atoms with Gasteiger partial charge in [0.05, 0.1) is 6.04 Å². The van der Waals surface area contributed by atoms with Crippen LogP contribution >= 0.6 is 21.6 Å². The largest absolute Gasteiger partial charge is 0.465 e. The average molecular weight is 220 g/mol.